The molecule has 6 heteroatoms. The number of carbonyl (C=O) groups is 1. The van der Waals surface area contributed by atoms with Gasteiger partial charge < -0.3 is 5.73 Å². The maximum absolute atomic E-state index is 11.1. The van der Waals surface area contributed by atoms with Gasteiger partial charge in [0.05, 0.1) is 11.3 Å². The van der Waals surface area contributed by atoms with Crippen LogP contribution in [0.4, 0.5) is 0 Å². The second-order valence-electron chi connectivity index (χ2n) is 4.05. The van der Waals surface area contributed by atoms with Crippen LogP contribution in [0.1, 0.15) is 10.4 Å². The van der Waals surface area contributed by atoms with Crippen LogP contribution in [0.3, 0.4) is 0 Å². The van der Waals surface area contributed by atoms with E-state index in [1.54, 1.807) is 18.3 Å². The molecule has 5 nitrogen and oxygen atoms in total. The Labute approximate surface area is 113 Å². The molecule has 0 aliphatic carbocycles. The zero-order valence-corrected chi connectivity index (χ0v) is 10.5. The number of hydrogen-bond donors (Lipinski definition) is 1. The number of hydrogen-bond acceptors (Lipinski definition) is 3. The fourth-order valence-electron chi connectivity index (χ4n) is 1.77. The summed E-state index contributed by atoms with van der Waals surface area (Å²) >= 11 is 5.84. The Morgan fingerprint density at radius 3 is 2.68 bits per heavy atom. The minimum absolute atomic E-state index is 0.318. The molecular weight excluding hydrogens is 264 g/mol. The van der Waals surface area contributed by atoms with Gasteiger partial charge in [0.2, 0.25) is 0 Å². The monoisotopic (exact) mass is 272 g/mol. The highest BCUT2D eigenvalue weighted by Gasteiger charge is 2.08. The smallest absolute Gasteiger partial charge is 0.251 e. The molecule has 0 saturated heterocycles. The molecule has 0 radical (unpaired) electrons. The molecule has 2 heterocycles. The molecule has 1 aromatic carbocycles. The molecule has 0 aliphatic heterocycles. The minimum Gasteiger partial charge on any atom is -0.366 e. The van der Waals surface area contributed by atoms with Gasteiger partial charge in [0.15, 0.2) is 5.65 Å². The molecule has 0 bridgehead atoms. The molecule has 0 saturated carbocycles. The zero-order valence-electron chi connectivity index (χ0n) is 9.75. The van der Waals surface area contributed by atoms with Crippen LogP contribution in [-0.2, 0) is 0 Å². The summed E-state index contributed by atoms with van der Waals surface area (Å²) in [6, 6.07) is 9.17. The molecule has 0 fully saturated rings. The Morgan fingerprint density at radius 1 is 1.26 bits per heavy atom. The number of nitrogens with two attached hydrogens (primary N) is 1. The molecule has 0 spiro atoms. The third kappa shape index (κ3) is 2.15. The first-order valence-corrected chi connectivity index (χ1v) is 5.92. The van der Waals surface area contributed by atoms with Gasteiger partial charge in [-0.2, -0.15) is 5.10 Å². The molecule has 0 aliphatic rings. The summed E-state index contributed by atoms with van der Waals surface area (Å²) in [5.74, 6) is -0.530. The zero-order chi connectivity index (χ0) is 13.4. The van der Waals surface area contributed by atoms with Crippen molar-refractivity contribution in [1.82, 2.24) is 14.6 Å². The Morgan fingerprint density at radius 2 is 2.00 bits per heavy atom. The van der Waals surface area contributed by atoms with Crippen molar-refractivity contribution in [2.24, 2.45) is 5.73 Å². The van der Waals surface area contributed by atoms with E-state index in [9.17, 15) is 4.79 Å². The van der Waals surface area contributed by atoms with Gasteiger partial charge in [-0.1, -0.05) is 23.7 Å². The van der Waals surface area contributed by atoms with Gasteiger partial charge in [-0.25, -0.2) is 9.50 Å². The standard InChI is InChI=1S/C13H9ClN4O/c14-10-3-1-8(2-4-10)11-5-12-16-6-9(13(15)19)7-18(12)17-11/h1-7H,(H2,15,19). The van der Waals surface area contributed by atoms with Crippen molar-refractivity contribution in [3.05, 3.63) is 53.3 Å². The molecule has 1 amide bonds. The lowest BCUT2D eigenvalue weighted by atomic mass is 10.2. The summed E-state index contributed by atoms with van der Waals surface area (Å²) in [6.45, 7) is 0. The van der Waals surface area contributed by atoms with Gasteiger partial charge in [0.25, 0.3) is 5.91 Å². The highest BCUT2D eigenvalue weighted by molar-refractivity contribution is 6.30. The normalized spacial score (nSPS) is 10.8. The third-order valence-corrected chi connectivity index (χ3v) is 2.99. The third-order valence-electron chi connectivity index (χ3n) is 2.74. The summed E-state index contributed by atoms with van der Waals surface area (Å²) in [7, 11) is 0. The molecule has 2 aromatic heterocycles. The maximum atomic E-state index is 11.1. The summed E-state index contributed by atoms with van der Waals surface area (Å²) in [4.78, 5) is 15.2. The van der Waals surface area contributed by atoms with E-state index >= 15 is 0 Å². The van der Waals surface area contributed by atoms with Gasteiger partial charge in [0.1, 0.15) is 0 Å². The second-order valence-corrected chi connectivity index (χ2v) is 4.48. The fourth-order valence-corrected chi connectivity index (χ4v) is 1.89. The van der Waals surface area contributed by atoms with E-state index in [-0.39, 0.29) is 0 Å². The quantitative estimate of drug-likeness (QED) is 0.777. The van der Waals surface area contributed by atoms with Gasteiger partial charge in [-0.15, -0.1) is 0 Å². The number of primary amides is 1. The molecule has 2 N–H and O–H groups in total. The molecule has 3 rings (SSSR count). The highest BCUT2D eigenvalue weighted by Crippen LogP contribution is 2.21. The van der Waals surface area contributed by atoms with Crippen molar-refractivity contribution in [2.75, 3.05) is 0 Å². The van der Waals surface area contributed by atoms with Crippen LogP contribution < -0.4 is 5.73 Å². The van der Waals surface area contributed by atoms with Crippen LogP contribution in [0.25, 0.3) is 16.9 Å². The first-order valence-electron chi connectivity index (χ1n) is 5.55. The summed E-state index contributed by atoms with van der Waals surface area (Å²) in [5, 5.41) is 5.03. The average Bonchev–Trinajstić information content (AvgIpc) is 2.82. The van der Waals surface area contributed by atoms with Crippen LogP contribution in [0.2, 0.25) is 5.02 Å². The first-order chi connectivity index (χ1) is 9.13. The Hall–Kier alpha value is -2.40. The Balaban J connectivity index is 2.11. The van der Waals surface area contributed by atoms with E-state index in [2.05, 4.69) is 10.1 Å². The van der Waals surface area contributed by atoms with Crippen LogP contribution in [0.5, 0.6) is 0 Å². The predicted octanol–water partition coefficient (Wildman–Crippen LogP) is 2.15. The molecular formula is C13H9ClN4O. The van der Waals surface area contributed by atoms with Crippen molar-refractivity contribution >= 4 is 23.2 Å². The van der Waals surface area contributed by atoms with E-state index in [4.69, 9.17) is 17.3 Å². The molecule has 94 valence electrons. The highest BCUT2D eigenvalue weighted by atomic mass is 35.5. The van der Waals surface area contributed by atoms with E-state index in [0.717, 1.165) is 11.3 Å². The lowest BCUT2D eigenvalue weighted by Crippen LogP contribution is -2.12. The maximum Gasteiger partial charge on any atom is 0.251 e. The number of nitrogens with zero attached hydrogens (tertiary/aromatic N) is 3. The predicted molar refractivity (Wildman–Crippen MR) is 72.0 cm³/mol. The van der Waals surface area contributed by atoms with Gasteiger partial charge >= 0.3 is 0 Å². The lowest BCUT2D eigenvalue weighted by molar-refractivity contribution is 0.0999. The van der Waals surface area contributed by atoms with Crippen molar-refractivity contribution < 1.29 is 4.79 Å². The topological polar surface area (TPSA) is 73.3 Å². The van der Waals surface area contributed by atoms with E-state index in [1.807, 2.05) is 18.2 Å². The molecule has 19 heavy (non-hydrogen) atoms. The number of rotatable bonds is 2. The number of benzene rings is 1. The van der Waals surface area contributed by atoms with Crippen molar-refractivity contribution in [1.29, 1.82) is 0 Å². The van der Waals surface area contributed by atoms with Crippen molar-refractivity contribution in [3.63, 3.8) is 0 Å². The molecule has 3 aromatic rings. The lowest BCUT2D eigenvalue weighted by Gasteiger charge is -1.96. The number of aromatic nitrogens is 3. The van der Waals surface area contributed by atoms with Crippen molar-refractivity contribution in [2.45, 2.75) is 0 Å². The van der Waals surface area contributed by atoms with E-state index in [0.29, 0.717) is 16.2 Å². The minimum atomic E-state index is -0.530. The number of fused-ring (bicyclic) bond motifs is 1. The Bertz CT molecular complexity index is 764. The second kappa shape index (κ2) is 4.37. The summed E-state index contributed by atoms with van der Waals surface area (Å²) < 4.78 is 1.53. The van der Waals surface area contributed by atoms with Gasteiger partial charge in [0, 0.05) is 29.0 Å². The molecule has 0 atom stereocenters. The first kappa shape index (κ1) is 11.7. The Kier molecular flexibility index (Phi) is 2.68. The van der Waals surface area contributed by atoms with Crippen LogP contribution in [0, 0.1) is 0 Å². The summed E-state index contributed by atoms with van der Waals surface area (Å²) in [5.41, 5.74) is 7.85. The number of carbonyl (C=O) groups excluding carboxylic acids is 1. The van der Waals surface area contributed by atoms with Crippen LogP contribution >= 0.6 is 11.6 Å². The van der Waals surface area contributed by atoms with E-state index < -0.39 is 5.91 Å². The van der Waals surface area contributed by atoms with Crippen LogP contribution in [-0.4, -0.2) is 20.5 Å². The average molecular weight is 273 g/mol. The van der Waals surface area contributed by atoms with Crippen LogP contribution in [0.15, 0.2) is 42.7 Å². The van der Waals surface area contributed by atoms with Crippen molar-refractivity contribution in [3.8, 4) is 11.3 Å². The van der Waals surface area contributed by atoms with E-state index in [1.165, 1.54) is 10.7 Å². The number of halogens is 1. The number of amides is 1. The SMILES string of the molecule is NC(=O)c1cnc2cc(-c3ccc(Cl)cc3)nn2c1. The largest absolute Gasteiger partial charge is 0.366 e. The fraction of sp³-hybridized carbons (Fsp3) is 0. The van der Waals surface area contributed by atoms with Gasteiger partial charge in [-0.05, 0) is 12.1 Å². The van der Waals surface area contributed by atoms with Gasteiger partial charge in [-0.3, -0.25) is 4.79 Å². The summed E-state index contributed by atoms with van der Waals surface area (Å²) in [6.07, 6.45) is 3.00. The molecule has 0 unspecified atom stereocenters.